The molecule has 6 heteroatoms. The molecule has 168 valence electrons. The van der Waals surface area contributed by atoms with E-state index in [0.717, 1.165) is 24.8 Å². The van der Waals surface area contributed by atoms with E-state index in [1.54, 1.807) is 19.1 Å². The number of carbonyl (C=O) groups is 3. The molecule has 0 aliphatic heterocycles. The Bertz CT molecular complexity index is 913. The molecule has 4 aliphatic carbocycles. The molecule has 0 spiro atoms. The second-order valence-electron chi connectivity index (χ2n) is 9.94. The summed E-state index contributed by atoms with van der Waals surface area (Å²) < 4.78 is 9.71. The Kier molecular flexibility index (Phi) is 5.28. The van der Waals surface area contributed by atoms with Crippen molar-refractivity contribution >= 4 is 17.7 Å². The van der Waals surface area contributed by atoms with E-state index in [1.165, 1.54) is 5.57 Å². The molecular weight excluding hydrogens is 396 g/mol. The normalized spacial score (nSPS) is 40.8. The van der Waals surface area contributed by atoms with Gasteiger partial charge in [-0.25, -0.2) is 4.79 Å². The van der Waals surface area contributed by atoms with Gasteiger partial charge in [0, 0.05) is 10.8 Å². The molecule has 0 amide bonds. The van der Waals surface area contributed by atoms with Gasteiger partial charge in [-0.3, -0.25) is 9.59 Å². The van der Waals surface area contributed by atoms with Gasteiger partial charge in [-0.15, -0.1) is 0 Å². The summed E-state index contributed by atoms with van der Waals surface area (Å²) in [6.07, 6.45) is 9.80. The number of hydrogen-bond acceptors (Lipinski definition) is 6. The standard InChI is InChI=1S/C25H32O6/c1-5-30-22(28)31-14-21(27)25(29)15(2)12-20-18-7-6-16-13-17(26)8-10-23(16,3)19(18)9-11-24(20,25)4/h8-10,13,15,18,20,29H,5-7,11-12,14H2,1-4H3/t15-,18-,20+,23+,24+,25+/m1/s1. The van der Waals surface area contributed by atoms with E-state index in [1.807, 2.05) is 19.9 Å². The first-order valence-corrected chi connectivity index (χ1v) is 11.3. The summed E-state index contributed by atoms with van der Waals surface area (Å²) in [5.41, 5.74) is -0.00319. The molecule has 6 atom stereocenters. The lowest BCUT2D eigenvalue weighted by molar-refractivity contribution is -0.162. The van der Waals surface area contributed by atoms with Crippen molar-refractivity contribution in [3.8, 4) is 0 Å². The SMILES string of the molecule is CCOC(=O)OCC(=O)[C@@]1(O)[C@H](C)C[C@H]2[C@@H]3CCC4=CC(=O)C=C[C@]4(C)C3=CC[C@@]21C. The highest BCUT2D eigenvalue weighted by Crippen LogP contribution is 2.66. The van der Waals surface area contributed by atoms with E-state index in [0.29, 0.717) is 6.42 Å². The Morgan fingerprint density at radius 3 is 2.71 bits per heavy atom. The van der Waals surface area contributed by atoms with Gasteiger partial charge in [0.15, 0.2) is 12.4 Å². The number of Topliss-reactive ketones (excluding diaryl/α,β-unsaturated/α-hetero) is 1. The topological polar surface area (TPSA) is 89.9 Å². The summed E-state index contributed by atoms with van der Waals surface area (Å²) in [6.45, 7) is 7.43. The van der Waals surface area contributed by atoms with Gasteiger partial charge in [-0.2, -0.15) is 0 Å². The number of allylic oxidation sites excluding steroid dienone is 6. The number of fused-ring (bicyclic) bond motifs is 5. The summed E-state index contributed by atoms with van der Waals surface area (Å²) in [6, 6.07) is 0. The van der Waals surface area contributed by atoms with Crippen LogP contribution in [0.3, 0.4) is 0 Å². The number of ketones is 2. The third-order valence-electron chi connectivity index (χ3n) is 8.54. The van der Waals surface area contributed by atoms with Crippen LogP contribution in [0.4, 0.5) is 4.79 Å². The largest absolute Gasteiger partial charge is 0.508 e. The van der Waals surface area contributed by atoms with Crippen LogP contribution in [0, 0.1) is 28.6 Å². The third kappa shape index (κ3) is 3.05. The molecule has 0 unspecified atom stereocenters. The summed E-state index contributed by atoms with van der Waals surface area (Å²) >= 11 is 0. The van der Waals surface area contributed by atoms with Crippen LogP contribution in [-0.4, -0.2) is 41.6 Å². The molecule has 0 saturated heterocycles. The fourth-order valence-corrected chi connectivity index (χ4v) is 6.85. The third-order valence-corrected chi connectivity index (χ3v) is 8.54. The fourth-order valence-electron chi connectivity index (χ4n) is 6.85. The highest BCUT2D eigenvalue weighted by Gasteiger charge is 2.67. The molecule has 0 aromatic carbocycles. The second kappa shape index (κ2) is 7.44. The highest BCUT2D eigenvalue weighted by molar-refractivity contribution is 6.01. The maximum absolute atomic E-state index is 13.2. The van der Waals surface area contributed by atoms with Crippen LogP contribution in [0.25, 0.3) is 0 Å². The number of ether oxygens (including phenoxy) is 2. The summed E-state index contributed by atoms with van der Waals surface area (Å²) in [5.74, 6) is -0.275. The highest BCUT2D eigenvalue weighted by atomic mass is 16.7. The average molecular weight is 429 g/mol. The minimum atomic E-state index is -1.57. The van der Waals surface area contributed by atoms with Crippen LogP contribution < -0.4 is 0 Å². The van der Waals surface area contributed by atoms with Gasteiger partial charge in [-0.1, -0.05) is 37.1 Å². The van der Waals surface area contributed by atoms with Crippen molar-refractivity contribution in [1.29, 1.82) is 0 Å². The van der Waals surface area contributed by atoms with Crippen LogP contribution in [0.15, 0.2) is 35.5 Å². The zero-order valence-electron chi connectivity index (χ0n) is 18.8. The van der Waals surface area contributed by atoms with Gasteiger partial charge in [0.05, 0.1) is 6.61 Å². The van der Waals surface area contributed by atoms with Gasteiger partial charge < -0.3 is 14.6 Å². The van der Waals surface area contributed by atoms with E-state index < -0.39 is 29.6 Å². The van der Waals surface area contributed by atoms with E-state index in [2.05, 4.69) is 13.0 Å². The Hall–Kier alpha value is -2.21. The Labute approximate surface area is 183 Å². The quantitative estimate of drug-likeness (QED) is 0.539. The van der Waals surface area contributed by atoms with Crippen LogP contribution in [-0.2, 0) is 19.1 Å². The molecule has 0 bridgehead atoms. The summed E-state index contributed by atoms with van der Waals surface area (Å²) in [4.78, 5) is 36.6. The smallest absolute Gasteiger partial charge is 0.435 e. The average Bonchev–Trinajstić information content (AvgIpc) is 2.94. The lowest BCUT2D eigenvalue weighted by atomic mass is 9.51. The van der Waals surface area contributed by atoms with Gasteiger partial charge >= 0.3 is 6.16 Å². The molecule has 6 nitrogen and oxygen atoms in total. The number of aliphatic hydroxyl groups is 1. The maximum Gasteiger partial charge on any atom is 0.508 e. The van der Waals surface area contributed by atoms with Crippen LogP contribution in [0.5, 0.6) is 0 Å². The van der Waals surface area contributed by atoms with Crippen molar-refractivity contribution in [2.24, 2.45) is 28.6 Å². The van der Waals surface area contributed by atoms with Crippen molar-refractivity contribution in [2.75, 3.05) is 13.2 Å². The van der Waals surface area contributed by atoms with Gasteiger partial charge in [0.25, 0.3) is 0 Å². The van der Waals surface area contributed by atoms with Crippen molar-refractivity contribution < 1.29 is 29.0 Å². The predicted molar refractivity (Wildman–Crippen MR) is 114 cm³/mol. The molecule has 0 heterocycles. The molecule has 4 aliphatic rings. The van der Waals surface area contributed by atoms with E-state index in [9.17, 15) is 19.5 Å². The molecule has 0 aromatic heterocycles. The van der Waals surface area contributed by atoms with Gasteiger partial charge in [0.2, 0.25) is 5.78 Å². The molecular formula is C25H32O6. The van der Waals surface area contributed by atoms with Crippen LogP contribution >= 0.6 is 0 Å². The number of rotatable bonds is 4. The minimum absolute atomic E-state index is 0.0447. The Morgan fingerprint density at radius 2 is 2.00 bits per heavy atom. The lowest BCUT2D eigenvalue weighted by Crippen LogP contribution is -2.57. The van der Waals surface area contributed by atoms with Crippen molar-refractivity contribution in [3.63, 3.8) is 0 Å². The maximum atomic E-state index is 13.2. The van der Waals surface area contributed by atoms with Crippen molar-refractivity contribution in [2.45, 2.75) is 59.0 Å². The number of carbonyl (C=O) groups excluding carboxylic acids is 3. The minimum Gasteiger partial charge on any atom is -0.435 e. The first-order valence-electron chi connectivity index (χ1n) is 11.3. The number of hydrogen-bond donors (Lipinski definition) is 1. The first kappa shape index (κ1) is 22.0. The zero-order chi connectivity index (χ0) is 22.6. The molecule has 1 N–H and O–H groups in total. The molecule has 31 heavy (non-hydrogen) atoms. The lowest BCUT2D eigenvalue weighted by Gasteiger charge is -2.53. The molecule has 4 rings (SSSR count). The molecule has 2 fully saturated rings. The molecule has 0 radical (unpaired) electrons. The van der Waals surface area contributed by atoms with Crippen molar-refractivity contribution in [3.05, 3.63) is 35.5 Å². The van der Waals surface area contributed by atoms with Crippen LogP contribution in [0.1, 0.15) is 53.4 Å². The second-order valence-corrected chi connectivity index (χ2v) is 9.94. The first-order chi connectivity index (χ1) is 14.6. The predicted octanol–water partition coefficient (Wildman–Crippen LogP) is 3.93. The molecule has 2 saturated carbocycles. The summed E-state index contributed by atoms with van der Waals surface area (Å²) in [7, 11) is 0. The van der Waals surface area contributed by atoms with Crippen LogP contribution in [0.2, 0.25) is 0 Å². The fraction of sp³-hybridized carbons (Fsp3) is 0.640. The van der Waals surface area contributed by atoms with Gasteiger partial charge in [-0.05, 0) is 69.4 Å². The Balaban J connectivity index is 1.64. The zero-order valence-corrected chi connectivity index (χ0v) is 18.8. The van der Waals surface area contributed by atoms with Crippen molar-refractivity contribution in [1.82, 2.24) is 0 Å². The molecule has 0 aromatic rings. The van der Waals surface area contributed by atoms with E-state index in [4.69, 9.17) is 9.47 Å². The Morgan fingerprint density at radius 1 is 1.26 bits per heavy atom. The van der Waals surface area contributed by atoms with E-state index >= 15 is 0 Å². The summed E-state index contributed by atoms with van der Waals surface area (Å²) in [5, 5.41) is 11.8. The van der Waals surface area contributed by atoms with Gasteiger partial charge in [0.1, 0.15) is 5.60 Å². The van der Waals surface area contributed by atoms with E-state index in [-0.39, 0.29) is 35.6 Å². The monoisotopic (exact) mass is 428 g/mol.